The molecule has 0 heterocycles. The van der Waals surface area contributed by atoms with Gasteiger partial charge in [0.2, 0.25) is 0 Å². The van der Waals surface area contributed by atoms with Crippen LogP contribution in [-0.2, 0) is 23.9 Å². The predicted molar refractivity (Wildman–Crippen MR) is 87.9 cm³/mol. The zero-order valence-corrected chi connectivity index (χ0v) is 14.4. The molecule has 0 aliphatic rings. The molecule has 136 valence electrons. The topological polar surface area (TPSA) is 113 Å². The van der Waals surface area contributed by atoms with Gasteiger partial charge in [-0.15, -0.1) is 0 Å². The Morgan fingerprint density at radius 3 is 2.04 bits per heavy atom. The van der Waals surface area contributed by atoms with Crippen molar-refractivity contribution in [2.75, 3.05) is 13.2 Å². The van der Waals surface area contributed by atoms with Crippen molar-refractivity contribution in [2.45, 2.75) is 33.1 Å². The van der Waals surface area contributed by atoms with Gasteiger partial charge in [-0.05, 0) is 20.8 Å². The zero-order chi connectivity index (χ0) is 19.0. The van der Waals surface area contributed by atoms with Crippen molar-refractivity contribution in [3.63, 3.8) is 0 Å². The molecular weight excluding hydrogens is 330 g/mol. The fourth-order valence-electron chi connectivity index (χ4n) is 2.57. The lowest BCUT2D eigenvalue weighted by atomic mass is 9.81. The Balaban J connectivity index is 3.47. The van der Waals surface area contributed by atoms with Crippen molar-refractivity contribution in [2.24, 2.45) is 5.92 Å². The number of para-hydroxylation sites is 1. The van der Waals surface area contributed by atoms with E-state index >= 15 is 0 Å². The summed E-state index contributed by atoms with van der Waals surface area (Å²) in [5.41, 5.74) is -0.152. The van der Waals surface area contributed by atoms with Crippen LogP contribution in [0.4, 0.5) is 5.69 Å². The van der Waals surface area contributed by atoms with Gasteiger partial charge in [0.15, 0.2) is 5.92 Å². The average molecular weight is 351 g/mol. The van der Waals surface area contributed by atoms with E-state index in [1.54, 1.807) is 19.9 Å². The maximum absolute atomic E-state index is 12.3. The van der Waals surface area contributed by atoms with Gasteiger partial charge in [-0.2, -0.15) is 0 Å². The van der Waals surface area contributed by atoms with Crippen LogP contribution < -0.4 is 0 Å². The van der Waals surface area contributed by atoms with Crippen molar-refractivity contribution >= 4 is 23.4 Å². The lowest BCUT2D eigenvalue weighted by Gasteiger charge is -2.23. The highest BCUT2D eigenvalue weighted by Crippen LogP contribution is 2.36. The summed E-state index contributed by atoms with van der Waals surface area (Å²) in [5, 5.41) is 11.3. The highest BCUT2D eigenvalue weighted by atomic mass is 16.6. The summed E-state index contributed by atoms with van der Waals surface area (Å²) in [6, 6.07) is 5.70. The highest BCUT2D eigenvalue weighted by Gasteiger charge is 2.41. The summed E-state index contributed by atoms with van der Waals surface area (Å²) in [6.07, 6.45) is -0.229. The molecule has 0 aliphatic heterocycles. The summed E-state index contributed by atoms with van der Waals surface area (Å²) in [6.45, 7) is 4.49. The molecule has 8 nitrogen and oxygen atoms in total. The summed E-state index contributed by atoms with van der Waals surface area (Å²) < 4.78 is 9.87. The number of benzene rings is 1. The van der Waals surface area contributed by atoms with Crippen LogP contribution in [0.5, 0.6) is 0 Å². The summed E-state index contributed by atoms with van der Waals surface area (Å²) in [7, 11) is 0. The number of Topliss-reactive ketones (excluding diaryl/α,β-unsaturated/α-hetero) is 1. The van der Waals surface area contributed by atoms with Crippen molar-refractivity contribution < 1.29 is 28.8 Å². The average Bonchev–Trinajstić information content (AvgIpc) is 2.54. The molecule has 0 bridgehead atoms. The maximum atomic E-state index is 12.3. The van der Waals surface area contributed by atoms with Crippen LogP contribution in [0.25, 0.3) is 0 Å². The van der Waals surface area contributed by atoms with E-state index < -0.39 is 28.7 Å². The van der Waals surface area contributed by atoms with Crippen LogP contribution in [-0.4, -0.2) is 35.9 Å². The number of nitrogens with zero attached hydrogens (tertiary/aromatic N) is 1. The zero-order valence-electron chi connectivity index (χ0n) is 14.4. The van der Waals surface area contributed by atoms with Gasteiger partial charge < -0.3 is 14.3 Å². The largest absolute Gasteiger partial charge is 0.465 e. The summed E-state index contributed by atoms with van der Waals surface area (Å²) in [4.78, 5) is 47.1. The van der Waals surface area contributed by atoms with Crippen LogP contribution in [0, 0.1) is 16.0 Å². The number of hydrogen-bond acceptors (Lipinski definition) is 7. The number of rotatable bonds is 9. The van der Waals surface area contributed by atoms with E-state index in [9.17, 15) is 24.5 Å². The van der Waals surface area contributed by atoms with Crippen LogP contribution in [0.15, 0.2) is 24.3 Å². The van der Waals surface area contributed by atoms with Gasteiger partial charge in [0, 0.05) is 24.0 Å². The number of ketones is 1. The van der Waals surface area contributed by atoms with Gasteiger partial charge in [0.05, 0.1) is 18.1 Å². The number of carbonyl (C=O) groups is 3. The Bertz CT molecular complexity index is 638. The van der Waals surface area contributed by atoms with E-state index in [-0.39, 0.29) is 36.7 Å². The standard InChI is InChI=1S/C17H21NO7/c1-4-24-16(20)15(17(21)25-5-2)13(10-11(3)19)12-8-6-7-9-14(12)18(22)23/h6-9,13,15H,4-5,10H2,1-3H3/t13-/m1/s1. The normalized spacial score (nSPS) is 11.7. The smallest absolute Gasteiger partial charge is 0.320 e. The second kappa shape index (κ2) is 9.51. The van der Waals surface area contributed by atoms with Crippen LogP contribution in [0.3, 0.4) is 0 Å². The first-order chi connectivity index (χ1) is 11.8. The lowest BCUT2D eigenvalue weighted by Crippen LogP contribution is -2.34. The predicted octanol–water partition coefficient (Wildman–Crippen LogP) is 2.40. The van der Waals surface area contributed by atoms with E-state index in [0.717, 1.165) is 0 Å². The van der Waals surface area contributed by atoms with Crippen molar-refractivity contribution in [3.8, 4) is 0 Å². The van der Waals surface area contributed by atoms with Gasteiger partial charge in [-0.1, -0.05) is 18.2 Å². The molecule has 1 aromatic rings. The van der Waals surface area contributed by atoms with Gasteiger partial charge in [-0.3, -0.25) is 19.7 Å². The number of hydrogen-bond donors (Lipinski definition) is 0. The highest BCUT2D eigenvalue weighted by molar-refractivity contribution is 5.97. The second-order valence-corrected chi connectivity index (χ2v) is 5.31. The summed E-state index contributed by atoms with van der Waals surface area (Å²) in [5.74, 6) is -4.56. The van der Waals surface area contributed by atoms with Crippen LogP contribution >= 0.6 is 0 Å². The molecule has 0 fully saturated rings. The number of esters is 2. The number of nitro groups is 1. The number of carbonyl (C=O) groups excluding carboxylic acids is 3. The Kier molecular flexibility index (Phi) is 7.71. The molecule has 1 rings (SSSR count). The maximum Gasteiger partial charge on any atom is 0.320 e. The number of nitro benzene ring substituents is 1. The molecule has 1 aromatic carbocycles. The van der Waals surface area contributed by atoms with Gasteiger partial charge in [0.25, 0.3) is 5.69 Å². The SMILES string of the molecule is CCOC(=O)C(C(=O)OCC)[C@H](CC(C)=O)c1ccccc1[N+](=O)[O-]. The molecule has 0 radical (unpaired) electrons. The Morgan fingerprint density at radius 2 is 1.60 bits per heavy atom. The fraction of sp³-hybridized carbons (Fsp3) is 0.471. The third-order valence-corrected chi connectivity index (χ3v) is 3.52. The molecule has 1 atom stereocenters. The van der Waals surface area contributed by atoms with Crippen LogP contribution in [0.1, 0.15) is 38.7 Å². The number of ether oxygens (including phenoxy) is 2. The minimum atomic E-state index is -1.45. The monoisotopic (exact) mass is 351 g/mol. The molecule has 0 aliphatic carbocycles. The first-order valence-electron chi connectivity index (χ1n) is 7.89. The van der Waals surface area contributed by atoms with Gasteiger partial charge in [-0.25, -0.2) is 0 Å². The minimum Gasteiger partial charge on any atom is -0.465 e. The quantitative estimate of drug-likeness (QED) is 0.290. The molecular formula is C17H21NO7. The molecule has 25 heavy (non-hydrogen) atoms. The van der Waals surface area contributed by atoms with Crippen molar-refractivity contribution in [3.05, 3.63) is 39.9 Å². The molecule has 0 aromatic heterocycles. The van der Waals surface area contributed by atoms with Gasteiger partial charge in [0.1, 0.15) is 5.78 Å². The molecule has 0 unspecified atom stereocenters. The first kappa shape index (κ1) is 20.3. The van der Waals surface area contributed by atoms with Crippen molar-refractivity contribution in [1.82, 2.24) is 0 Å². The Labute approximate surface area is 145 Å². The van der Waals surface area contributed by atoms with E-state index in [1.807, 2.05) is 0 Å². The van der Waals surface area contributed by atoms with Crippen LogP contribution in [0.2, 0.25) is 0 Å². The molecule has 0 saturated carbocycles. The molecule has 8 heteroatoms. The lowest BCUT2D eigenvalue weighted by molar-refractivity contribution is -0.385. The van der Waals surface area contributed by atoms with E-state index in [2.05, 4.69) is 0 Å². The van der Waals surface area contributed by atoms with Gasteiger partial charge >= 0.3 is 11.9 Å². The Hall–Kier alpha value is -2.77. The molecule has 0 amide bonds. The first-order valence-corrected chi connectivity index (χ1v) is 7.89. The third-order valence-electron chi connectivity index (χ3n) is 3.52. The van der Waals surface area contributed by atoms with E-state index in [0.29, 0.717) is 0 Å². The molecule has 0 spiro atoms. The van der Waals surface area contributed by atoms with E-state index in [4.69, 9.17) is 9.47 Å². The van der Waals surface area contributed by atoms with E-state index in [1.165, 1.54) is 25.1 Å². The Morgan fingerprint density at radius 1 is 1.08 bits per heavy atom. The fourth-order valence-corrected chi connectivity index (χ4v) is 2.57. The third kappa shape index (κ3) is 5.37. The molecule has 0 saturated heterocycles. The molecule has 0 N–H and O–H groups in total. The summed E-state index contributed by atoms with van der Waals surface area (Å²) >= 11 is 0. The second-order valence-electron chi connectivity index (χ2n) is 5.31. The minimum absolute atomic E-state index is 0.0262. The van der Waals surface area contributed by atoms with Crippen molar-refractivity contribution in [1.29, 1.82) is 0 Å².